The van der Waals surface area contributed by atoms with Crippen LogP contribution >= 0.6 is 0 Å². The first kappa shape index (κ1) is 18.4. The largest absolute Gasteiger partial charge is 0.508 e. The molecule has 5 rings (SSSR count). The van der Waals surface area contributed by atoms with Gasteiger partial charge in [-0.3, -0.25) is 0 Å². The second kappa shape index (κ2) is 6.99. The van der Waals surface area contributed by atoms with Crippen molar-refractivity contribution >= 4 is 10.8 Å². The highest BCUT2D eigenvalue weighted by Gasteiger charge is 2.35. The maximum Gasteiger partial charge on any atom is 0.127 e. The average Bonchev–Trinajstić information content (AvgIpc) is 3.13. The van der Waals surface area contributed by atoms with Crippen LogP contribution in [0.3, 0.4) is 0 Å². The molecule has 30 heavy (non-hydrogen) atoms. The van der Waals surface area contributed by atoms with Gasteiger partial charge in [0.1, 0.15) is 23.0 Å². The van der Waals surface area contributed by atoms with Crippen LogP contribution in [0, 0.1) is 0 Å². The van der Waals surface area contributed by atoms with Crippen LogP contribution in [0.2, 0.25) is 0 Å². The predicted molar refractivity (Wildman–Crippen MR) is 118 cm³/mol. The van der Waals surface area contributed by atoms with Gasteiger partial charge in [0.05, 0.1) is 21.3 Å². The predicted octanol–water partition coefficient (Wildman–Crippen LogP) is 5.73. The van der Waals surface area contributed by atoms with Crippen LogP contribution in [-0.4, -0.2) is 26.4 Å². The summed E-state index contributed by atoms with van der Waals surface area (Å²) >= 11 is 0. The van der Waals surface area contributed by atoms with E-state index in [0.717, 1.165) is 44.9 Å². The molecule has 150 valence electrons. The van der Waals surface area contributed by atoms with E-state index in [-0.39, 0.29) is 11.7 Å². The van der Waals surface area contributed by atoms with Gasteiger partial charge in [0.25, 0.3) is 0 Å². The summed E-state index contributed by atoms with van der Waals surface area (Å²) in [6.45, 7) is 0. The summed E-state index contributed by atoms with van der Waals surface area (Å²) in [5.41, 5.74) is 5.71. The summed E-state index contributed by atoms with van der Waals surface area (Å²) in [6.07, 6.45) is 0. The summed E-state index contributed by atoms with van der Waals surface area (Å²) in [6, 6.07) is 21.9. The van der Waals surface area contributed by atoms with E-state index in [0.29, 0.717) is 0 Å². The number of ether oxygens (including phenoxy) is 3. The number of hydrogen-bond acceptors (Lipinski definition) is 4. The van der Waals surface area contributed by atoms with Gasteiger partial charge in [-0.1, -0.05) is 30.3 Å². The van der Waals surface area contributed by atoms with Gasteiger partial charge < -0.3 is 19.3 Å². The maximum absolute atomic E-state index is 9.83. The highest BCUT2D eigenvalue weighted by molar-refractivity contribution is 5.98. The molecule has 4 heteroatoms. The van der Waals surface area contributed by atoms with Crippen molar-refractivity contribution in [3.63, 3.8) is 0 Å². The third kappa shape index (κ3) is 2.68. The molecule has 0 saturated carbocycles. The fourth-order valence-corrected chi connectivity index (χ4v) is 4.56. The van der Waals surface area contributed by atoms with Gasteiger partial charge >= 0.3 is 0 Å². The van der Waals surface area contributed by atoms with Crippen LogP contribution in [0.4, 0.5) is 0 Å². The van der Waals surface area contributed by atoms with E-state index < -0.39 is 0 Å². The first-order chi connectivity index (χ1) is 14.6. The molecule has 0 aliphatic heterocycles. The lowest BCUT2D eigenvalue weighted by atomic mass is 9.86. The molecule has 0 fully saturated rings. The van der Waals surface area contributed by atoms with Crippen LogP contribution in [0.25, 0.3) is 21.9 Å². The number of hydrogen-bond donors (Lipinski definition) is 1. The Balaban J connectivity index is 1.87. The lowest BCUT2D eigenvalue weighted by Crippen LogP contribution is -2.02. The molecule has 1 unspecified atom stereocenters. The molecular weight excluding hydrogens is 376 g/mol. The Labute approximate surface area is 175 Å². The van der Waals surface area contributed by atoms with Gasteiger partial charge in [-0.25, -0.2) is 0 Å². The second-order valence-corrected chi connectivity index (χ2v) is 7.43. The lowest BCUT2D eigenvalue weighted by molar-refractivity contribution is 0.391. The molecule has 1 aliphatic carbocycles. The third-order valence-corrected chi connectivity index (χ3v) is 5.93. The molecule has 1 aliphatic rings. The van der Waals surface area contributed by atoms with Crippen molar-refractivity contribution in [2.24, 2.45) is 0 Å². The molecular formula is C26H22O4. The first-order valence-electron chi connectivity index (χ1n) is 9.80. The van der Waals surface area contributed by atoms with E-state index in [2.05, 4.69) is 30.3 Å². The number of fused-ring (bicyclic) bond motifs is 5. The van der Waals surface area contributed by atoms with E-state index in [1.165, 1.54) is 10.9 Å². The van der Waals surface area contributed by atoms with Crippen LogP contribution in [0.5, 0.6) is 23.0 Å². The number of benzene rings is 4. The van der Waals surface area contributed by atoms with Crippen molar-refractivity contribution in [3.8, 4) is 34.1 Å². The quantitative estimate of drug-likeness (QED) is 0.420. The fourth-order valence-electron chi connectivity index (χ4n) is 4.56. The van der Waals surface area contributed by atoms with Gasteiger partial charge in [0, 0.05) is 17.5 Å². The zero-order valence-electron chi connectivity index (χ0n) is 17.1. The fraction of sp³-hybridized carbons (Fsp3) is 0.154. The van der Waals surface area contributed by atoms with Crippen molar-refractivity contribution < 1.29 is 19.3 Å². The Morgan fingerprint density at radius 1 is 0.667 bits per heavy atom. The van der Waals surface area contributed by atoms with E-state index in [9.17, 15) is 5.11 Å². The average molecular weight is 398 g/mol. The van der Waals surface area contributed by atoms with Crippen molar-refractivity contribution in [1.82, 2.24) is 0 Å². The normalized spacial score (nSPS) is 14.3. The van der Waals surface area contributed by atoms with E-state index >= 15 is 0 Å². The van der Waals surface area contributed by atoms with Crippen LogP contribution in [-0.2, 0) is 0 Å². The monoisotopic (exact) mass is 398 g/mol. The Kier molecular flexibility index (Phi) is 4.28. The molecule has 0 amide bonds. The van der Waals surface area contributed by atoms with Gasteiger partial charge in [0.15, 0.2) is 0 Å². The molecule has 0 heterocycles. The zero-order chi connectivity index (χ0) is 20.8. The molecule has 0 bridgehead atoms. The van der Waals surface area contributed by atoms with Crippen LogP contribution < -0.4 is 14.2 Å². The smallest absolute Gasteiger partial charge is 0.127 e. The van der Waals surface area contributed by atoms with Crippen molar-refractivity contribution in [2.75, 3.05) is 21.3 Å². The van der Waals surface area contributed by atoms with Gasteiger partial charge in [0.2, 0.25) is 0 Å². The Morgan fingerprint density at radius 3 is 2.13 bits per heavy atom. The SMILES string of the molecule is COc1cc(OC)c2c(c1)-c1ccc3cc(OC)ccc3c1C2c1ccc(O)cc1. The summed E-state index contributed by atoms with van der Waals surface area (Å²) in [7, 11) is 5.04. The van der Waals surface area contributed by atoms with Gasteiger partial charge in [-0.2, -0.15) is 0 Å². The topological polar surface area (TPSA) is 47.9 Å². The number of rotatable bonds is 4. The van der Waals surface area contributed by atoms with Crippen molar-refractivity contribution in [2.45, 2.75) is 5.92 Å². The molecule has 0 saturated heterocycles. The number of phenolic OH excluding ortho intramolecular Hbond substituents is 1. The Morgan fingerprint density at radius 2 is 1.43 bits per heavy atom. The summed E-state index contributed by atoms with van der Waals surface area (Å²) in [5.74, 6) is 2.62. The summed E-state index contributed by atoms with van der Waals surface area (Å²) in [4.78, 5) is 0. The maximum atomic E-state index is 9.83. The molecule has 0 radical (unpaired) electrons. The Hall–Kier alpha value is -3.66. The number of phenols is 1. The van der Waals surface area contributed by atoms with Gasteiger partial charge in [-0.05, 0) is 63.4 Å². The number of aromatic hydroxyl groups is 1. The molecule has 1 N–H and O–H groups in total. The second-order valence-electron chi connectivity index (χ2n) is 7.43. The number of methoxy groups -OCH3 is 3. The summed E-state index contributed by atoms with van der Waals surface area (Å²) < 4.78 is 16.8. The lowest BCUT2D eigenvalue weighted by Gasteiger charge is -2.19. The van der Waals surface area contributed by atoms with Gasteiger partial charge in [-0.15, -0.1) is 0 Å². The van der Waals surface area contributed by atoms with E-state index in [1.807, 2.05) is 24.3 Å². The standard InChI is InChI=1S/C26H22O4/c1-28-18-9-11-20-16(12-18)6-10-21-22-13-19(29-2)14-23(30-3)26(22)24(25(20)21)15-4-7-17(27)8-5-15/h4-14,24,27H,1-3H3. The van der Waals surface area contributed by atoms with Crippen molar-refractivity contribution in [1.29, 1.82) is 0 Å². The van der Waals surface area contributed by atoms with E-state index in [4.69, 9.17) is 14.2 Å². The van der Waals surface area contributed by atoms with E-state index in [1.54, 1.807) is 33.5 Å². The molecule has 0 spiro atoms. The molecule has 1 atom stereocenters. The first-order valence-corrected chi connectivity index (χ1v) is 9.80. The van der Waals surface area contributed by atoms with Crippen LogP contribution in [0.1, 0.15) is 22.6 Å². The molecule has 4 aromatic rings. The highest BCUT2D eigenvalue weighted by Crippen LogP contribution is 2.55. The molecule has 4 nitrogen and oxygen atoms in total. The molecule has 4 aromatic carbocycles. The Bertz CT molecular complexity index is 1260. The summed E-state index contributed by atoms with van der Waals surface area (Å²) in [5, 5.41) is 12.1. The van der Waals surface area contributed by atoms with Crippen LogP contribution in [0.15, 0.2) is 66.7 Å². The highest BCUT2D eigenvalue weighted by atomic mass is 16.5. The minimum Gasteiger partial charge on any atom is -0.508 e. The van der Waals surface area contributed by atoms with Crippen molar-refractivity contribution in [3.05, 3.63) is 83.4 Å². The minimum absolute atomic E-state index is 0.0199. The zero-order valence-corrected chi connectivity index (χ0v) is 17.1. The minimum atomic E-state index is -0.0199. The third-order valence-electron chi connectivity index (χ3n) is 5.93. The molecule has 0 aromatic heterocycles.